The molecule has 10 heteroatoms. The quantitative estimate of drug-likeness (QED) is 0.367. The van der Waals surface area contributed by atoms with Gasteiger partial charge in [-0.2, -0.15) is 0 Å². The molecule has 3 N–H and O–H groups in total. The molecule has 2 aromatic carbocycles. The monoisotopic (exact) mass is 490 g/mol. The molecule has 3 heterocycles. The van der Waals surface area contributed by atoms with Gasteiger partial charge >= 0.3 is 0 Å². The van der Waals surface area contributed by atoms with Crippen molar-refractivity contribution in [3.05, 3.63) is 81.3 Å². The molecule has 0 saturated carbocycles. The second-order valence-corrected chi connectivity index (χ2v) is 8.78. The van der Waals surface area contributed by atoms with E-state index in [1.54, 1.807) is 43.3 Å². The average Bonchev–Trinajstić information content (AvgIpc) is 3.27. The molecule has 0 atom stereocenters. The Morgan fingerprint density at radius 2 is 1.94 bits per heavy atom. The molecule has 5 rings (SSSR count). The van der Waals surface area contributed by atoms with E-state index in [9.17, 15) is 14.0 Å². The lowest BCUT2D eigenvalue weighted by Gasteiger charge is -2.27. The first kappa shape index (κ1) is 23.7. The van der Waals surface area contributed by atoms with Crippen LogP contribution in [0.25, 0.3) is 11.0 Å². The molecule has 0 unspecified atom stereocenters. The average molecular weight is 491 g/mol. The van der Waals surface area contributed by atoms with Gasteiger partial charge in [-0.1, -0.05) is 18.2 Å². The number of H-pyrrole nitrogens is 2. The van der Waals surface area contributed by atoms with Gasteiger partial charge in [0.15, 0.2) is 0 Å². The topological polar surface area (TPSA) is 116 Å². The zero-order chi connectivity index (χ0) is 25.1. The third kappa shape index (κ3) is 5.28. The van der Waals surface area contributed by atoms with E-state index in [2.05, 4.69) is 25.3 Å². The molecule has 1 fully saturated rings. The van der Waals surface area contributed by atoms with Crippen LogP contribution in [0.15, 0.2) is 47.3 Å². The maximum Gasteiger partial charge on any atom is 0.255 e. The van der Waals surface area contributed by atoms with Gasteiger partial charge in [-0.25, -0.2) is 14.4 Å². The van der Waals surface area contributed by atoms with Crippen molar-refractivity contribution in [1.29, 1.82) is 0 Å². The Bertz CT molecular complexity index is 1460. The van der Waals surface area contributed by atoms with E-state index in [1.165, 1.54) is 6.07 Å². The number of fused-ring (bicyclic) bond motifs is 1. The van der Waals surface area contributed by atoms with Gasteiger partial charge in [0.25, 0.3) is 5.56 Å². The lowest BCUT2D eigenvalue weighted by Crippen LogP contribution is -2.38. The van der Waals surface area contributed by atoms with Gasteiger partial charge in [-0.15, -0.1) is 0 Å². The van der Waals surface area contributed by atoms with Gasteiger partial charge < -0.3 is 19.9 Å². The fraction of sp³-hybridized carbons (Fsp3) is 0.308. The van der Waals surface area contributed by atoms with Crippen molar-refractivity contribution in [2.45, 2.75) is 26.2 Å². The third-order valence-electron chi connectivity index (χ3n) is 6.25. The molecule has 4 aromatic rings. The van der Waals surface area contributed by atoms with Crippen LogP contribution in [0.5, 0.6) is 0 Å². The van der Waals surface area contributed by atoms with Gasteiger partial charge in [0, 0.05) is 42.9 Å². The molecule has 9 nitrogen and oxygen atoms in total. The highest BCUT2D eigenvalue weighted by Crippen LogP contribution is 2.20. The summed E-state index contributed by atoms with van der Waals surface area (Å²) < 4.78 is 19.3. The molecule has 186 valence electrons. The number of anilines is 2. The first-order chi connectivity index (χ1) is 17.5. The molecule has 0 bridgehead atoms. The molecule has 0 aliphatic carbocycles. The van der Waals surface area contributed by atoms with Gasteiger partial charge in [0.1, 0.15) is 11.6 Å². The molecule has 1 aliphatic heterocycles. The summed E-state index contributed by atoms with van der Waals surface area (Å²) in [4.78, 5) is 42.3. The van der Waals surface area contributed by atoms with E-state index < -0.39 is 0 Å². The summed E-state index contributed by atoms with van der Waals surface area (Å²) in [5, 5.41) is 2.87. The van der Waals surface area contributed by atoms with E-state index in [4.69, 9.17) is 4.74 Å². The van der Waals surface area contributed by atoms with Crippen molar-refractivity contribution in [2.75, 3.05) is 36.5 Å². The van der Waals surface area contributed by atoms with Crippen molar-refractivity contribution >= 4 is 28.6 Å². The summed E-state index contributed by atoms with van der Waals surface area (Å²) in [6, 6.07) is 12.0. The molecule has 2 aromatic heterocycles. The van der Waals surface area contributed by atoms with Crippen molar-refractivity contribution < 1.29 is 13.9 Å². The van der Waals surface area contributed by atoms with Gasteiger partial charge in [-0.3, -0.25) is 14.6 Å². The number of hydrogen-bond acceptors (Lipinski definition) is 6. The third-order valence-corrected chi connectivity index (χ3v) is 6.25. The second kappa shape index (κ2) is 10.3. The number of ether oxygens (including phenoxy) is 1. The number of aryl methyl sites for hydroxylation is 1. The van der Waals surface area contributed by atoms with E-state index in [0.29, 0.717) is 67.0 Å². The number of benzene rings is 2. The Balaban J connectivity index is 1.22. The summed E-state index contributed by atoms with van der Waals surface area (Å²) in [6.45, 7) is 4.34. The number of carbonyl (C=O) groups excluding carboxylic acids is 1. The predicted molar refractivity (Wildman–Crippen MR) is 135 cm³/mol. The molecule has 36 heavy (non-hydrogen) atoms. The molecular formula is C26H27FN6O3. The number of imidazole rings is 1. The van der Waals surface area contributed by atoms with Crippen molar-refractivity contribution in [3.63, 3.8) is 0 Å². The van der Waals surface area contributed by atoms with Crippen LogP contribution in [-0.4, -0.2) is 52.1 Å². The predicted octanol–water partition coefficient (Wildman–Crippen LogP) is 3.09. The Morgan fingerprint density at radius 3 is 2.72 bits per heavy atom. The smallest absolute Gasteiger partial charge is 0.255 e. The van der Waals surface area contributed by atoms with Crippen molar-refractivity contribution in [3.8, 4) is 0 Å². The fourth-order valence-corrected chi connectivity index (χ4v) is 4.32. The molecular weight excluding hydrogens is 463 g/mol. The number of aromatic nitrogens is 4. The van der Waals surface area contributed by atoms with Gasteiger partial charge in [-0.05, 0) is 43.2 Å². The van der Waals surface area contributed by atoms with E-state index in [-0.39, 0.29) is 30.1 Å². The largest absolute Gasteiger partial charge is 0.378 e. The van der Waals surface area contributed by atoms with Crippen LogP contribution in [0.4, 0.5) is 16.0 Å². The highest BCUT2D eigenvalue weighted by atomic mass is 19.1. The lowest BCUT2D eigenvalue weighted by molar-refractivity contribution is -0.116. The minimum Gasteiger partial charge on any atom is -0.378 e. The molecule has 0 radical (unpaired) electrons. The van der Waals surface area contributed by atoms with Gasteiger partial charge in [0.2, 0.25) is 11.9 Å². The number of amides is 1. The van der Waals surface area contributed by atoms with Crippen LogP contribution in [0, 0.1) is 12.7 Å². The van der Waals surface area contributed by atoms with Crippen molar-refractivity contribution in [1.82, 2.24) is 19.9 Å². The molecule has 1 saturated heterocycles. The number of hydrogen-bond donors (Lipinski definition) is 3. The maximum absolute atomic E-state index is 14.0. The minimum absolute atomic E-state index is 0.141. The molecule has 1 aliphatic rings. The number of morpholine rings is 1. The fourth-order valence-electron chi connectivity index (χ4n) is 4.32. The number of carbonyl (C=O) groups is 1. The maximum atomic E-state index is 14.0. The highest BCUT2D eigenvalue weighted by Gasteiger charge is 2.17. The van der Waals surface area contributed by atoms with Crippen LogP contribution in [0.2, 0.25) is 0 Å². The normalized spacial score (nSPS) is 13.8. The van der Waals surface area contributed by atoms with Crippen LogP contribution in [0.1, 0.15) is 29.1 Å². The highest BCUT2D eigenvalue weighted by molar-refractivity contribution is 5.93. The molecule has 0 spiro atoms. The lowest BCUT2D eigenvalue weighted by atomic mass is 10.1. The zero-order valence-electron chi connectivity index (χ0n) is 19.9. The summed E-state index contributed by atoms with van der Waals surface area (Å²) in [6.07, 6.45) is 0.764. The number of rotatable bonds is 7. The minimum atomic E-state index is -0.272. The zero-order valence-corrected chi connectivity index (χ0v) is 19.9. The Labute approximate surface area is 206 Å². The first-order valence-electron chi connectivity index (χ1n) is 11.9. The van der Waals surface area contributed by atoms with Crippen LogP contribution >= 0.6 is 0 Å². The number of aromatic amines is 2. The summed E-state index contributed by atoms with van der Waals surface area (Å²) in [5.41, 5.74) is 3.54. The van der Waals surface area contributed by atoms with Crippen LogP contribution < -0.4 is 15.8 Å². The Hall–Kier alpha value is -4.05. The molecule has 1 amide bonds. The Morgan fingerprint density at radius 1 is 1.14 bits per heavy atom. The standard InChI is InChI=1S/C26H27FN6O3/c1-16-19(25(35)32-26(28-16)33-10-12-36-13-11-33)7-9-24(34)29-18-6-8-21-22(15-18)31-23(30-21)14-17-4-2-3-5-20(17)27/h2-6,8,15H,7,9-14H2,1H3,(H,29,34)(H,30,31)(H,28,32,35). The van der Waals surface area contributed by atoms with Crippen molar-refractivity contribution in [2.24, 2.45) is 0 Å². The van der Waals surface area contributed by atoms with Crippen LogP contribution in [-0.2, 0) is 22.4 Å². The van der Waals surface area contributed by atoms with E-state index in [0.717, 1.165) is 11.0 Å². The number of nitrogens with zero attached hydrogens (tertiary/aromatic N) is 3. The first-order valence-corrected chi connectivity index (χ1v) is 11.9. The summed E-state index contributed by atoms with van der Waals surface area (Å²) in [5.74, 6) is 0.694. The Kier molecular flexibility index (Phi) is 6.77. The SMILES string of the molecule is Cc1nc(N2CCOCC2)[nH]c(=O)c1CCC(=O)Nc1ccc2nc(Cc3ccccc3F)[nH]c2c1. The number of halogens is 1. The summed E-state index contributed by atoms with van der Waals surface area (Å²) in [7, 11) is 0. The number of nitrogens with one attached hydrogen (secondary N) is 3. The second-order valence-electron chi connectivity index (χ2n) is 8.78. The summed E-state index contributed by atoms with van der Waals surface area (Å²) >= 11 is 0. The van der Waals surface area contributed by atoms with Gasteiger partial charge in [0.05, 0.1) is 24.2 Å². The van der Waals surface area contributed by atoms with Crippen LogP contribution in [0.3, 0.4) is 0 Å². The van der Waals surface area contributed by atoms with E-state index >= 15 is 0 Å². The van der Waals surface area contributed by atoms with E-state index in [1.807, 2.05) is 4.90 Å².